The molecule has 0 bridgehead atoms. The van der Waals surface area contributed by atoms with Crippen molar-refractivity contribution < 1.29 is 4.39 Å². The number of benzene rings is 1. The minimum Gasteiger partial charge on any atom is -0.388 e. The van der Waals surface area contributed by atoms with Crippen molar-refractivity contribution >= 4 is 0 Å². The van der Waals surface area contributed by atoms with Crippen molar-refractivity contribution in [1.82, 2.24) is 5.32 Å². The summed E-state index contributed by atoms with van der Waals surface area (Å²) >= 11 is 0. The van der Waals surface area contributed by atoms with Crippen LogP contribution in [0.5, 0.6) is 0 Å². The Bertz CT molecular complexity index is 316. The summed E-state index contributed by atoms with van der Waals surface area (Å²) in [7, 11) is 0. The van der Waals surface area contributed by atoms with E-state index in [1.54, 1.807) is 12.1 Å². The summed E-state index contributed by atoms with van der Waals surface area (Å²) in [6, 6.07) is 6.58. The first-order valence-electron chi connectivity index (χ1n) is 5.33. The van der Waals surface area contributed by atoms with Gasteiger partial charge >= 0.3 is 0 Å². The van der Waals surface area contributed by atoms with Crippen molar-refractivity contribution in [3.05, 3.63) is 47.9 Å². The molecule has 15 heavy (non-hydrogen) atoms. The lowest BCUT2D eigenvalue weighted by Gasteiger charge is -2.16. The molecule has 1 nitrogen and oxygen atoms in total. The Balaban J connectivity index is 2.63. The maximum Gasteiger partial charge on any atom is 0.123 e. The molecule has 1 N–H and O–H groups in total. The Hall–Kier alpha value is -1.31. The average molecular weight is 207 g/mol. The van der Waals surface area contributed by atoms with Gasteiger partial charge in [0.25, 0.3) is 0 Å². The van der Waals surface area contributed by atoms with Crippen molar-refractivity contribution in [2.24, 2.45) is 0 Å². The van der Waals surface area contributed by atoms with Crippen molar-refractivity contribution in [3.8, 4) is 0 Å². The van der Waals surface area contributed by atoms with E-state index in [4.69, 9.17) is 0 Å². The highest BCUT2D eigenvalue weighted by molar-refractivity contribution is 5.26. The first-order valence-corrected chi connectivity index (χ1v) is 5.33. The molecule has 0 radical (unpaired) electrons. The number of nitrogens with one attached hydrogen (secondary N) is 1. The highest BCUT2D eigenvalue weighted by atomic mass is 19.1. The van der Waals surface area contributed by atoms with Crippen molar-refractivity contribution in [1.29, 1.82) is 0 Å². The summed E-state index contributed by atoms with van der Waals surface area (Å²) in [5.74, 6) is 0.0234. The SMILES string of the molecule is C=C(NCCC)C(C)c1ccc(F)cc1. The zero-order valence-electron chi connectivity index (χ0n) is 9.39. The molecule has 2 heteroatoms. The molecular weight excluding hydrogens is 189 g/mol. The lowest BCUT2D eigenvalue weighted by Crippen LogP contribution is -2.17. The van der Waals surface area contributed by atoms with E-state index in [2.05, 4.69) is 25.7 Å². The summed E-state index contributed by atoms with van der Waals surface area (Å²) in [6.07, 6.45) is 1.08. The van der Waals surface area contributed by atoms with Gasteiger partial charge in [-0.05, 0) is 24.1 Å². The normalized spacial score (nSPS) is 12.2. The number of allylic oxidation sites excluding steroid dienone is 1. The van der Waals surface area contributed by atoms with E-state index in [9.17, 15) is 4.39 Å². The van der Waals surface area contributed by atoms with E-state index in [1.807, 2.05) is 0 Å². The van der Waals surface area contributed by atoms with Crippen LogP contribution in [0.4, 0.5) is 4.39 Å². The monoisotopic (exact) mass is 207 g/mol. The fourth-order valence-electron chi connectivity index (χ4n) is 1.39. The van der Waals surface area contributed by atoms with Crippen LogP contribution in [0.1, 0.15) is 31.7 Å². The second-order valence-electron chi connectivity index (χ2n) is 3.73. The van der Waals surface area contributed by atoms with Gasteiger partial charge in [0.1, 0.15) is 5.82 Å². The van der Waals surface area contributed by atoms with Gasteiger partial charge in [0.15, 0.2) is 0 Å². The molecule has 0 aliphatic carbocycles. The molecule has 0 saturated heterocycles. The highest BCUT2D eigenvalue weighted by Gasteiger charge is 2.08. The van der Waals surface area contributed by atoms with E-state index < -0.39 is 0 Å². The van der Waals surface area contributed by atoms with Crippen molar-refractivity contribution in [2.75, 3.05) is 6.54 Å². The first kappa shape index (κ1) is 11.8. The third-order valence-corrected chi connectivity index (χ3v) is 2.49. The van der Waals surface area contributed by atoms with Gasteiger partial charge in [-0.25, -0.2) is 4.39 Å². The molecule has 0 saturated carbocycles. The number of halogens is 1. The Morgan fingerprint density at radius 3 is 2.53 bits per heavy atom. The maximum atomic E-state index is 12.7. The van der Waals surface area contributed by atoms with E-state index in [1.165, 1.54) is 12.1 Å². The molecule has 1 rings (SSSR count). The Morgan fingerprint density at radius 1 is 1.40 bits per heavy atom. The molecule has 1 atom stereocenters. The molecular formula is C13H18FN. The van der Waals surface area contributed by atoms with Crippen LogP contribution < -0.4 is 5.32 Å². The van der Waals surface area contributed by atoms with Gasteiger partial charge < -0.3 is 5.32 Å². The van der Waals surface area contributed by atoms with Crippen LogP contribution in [0.25, 0.3) is 0 Å². The van der Waals surface area contributed by atoms with Crippen LogP contribution >= 0.6 is 0 Å². The van der Waals surface area contributed by atoms with Gasteiger partial charge in [-0.2, -0.15) is 0 Å². The highest BCUT2D eigenvalue weighted by Crippen LogP contribution is 2.20. The minimum atomic E-state index is -0.196. The Morgan fingerprint density at radius 2 is 2.00 bits per heavy atom. The first-order chi connectivity index (χ1) is 7.15. The molecule has 0 amide bonds. The summed E-state index contributed by atoms with van der Waals surface area (Å²) in [5, 5.41) is 3.26. The smallest absolute Gasteiger partial charge is 0.123 e. The quantitative estimate of drug-likeness (QED) is 0.779. The number of hydrogen-bond donors (Lipinski definition) is 1. The van der Waals surface area contributed by atoms with Crippen molar-refractivity contribution in [3.63, 3.8) is 0 Å². The van der Waals surface area contributed by atoms with E-state index in [-0.39, 0.29) is 11.7 Å². The second-order valence-corrected chi connectivity index (χ2v) is 3.73. The van der Waals surface area contributed by atoms with Gasteiger partial charge in [-0.15, -0.1) is 0 Å². The van der Waals surface area contributed by atoms with E-state index in [0.717, 1.165) is 24.2 Å². The predicted octanol–water partition coefficient (Wildman–Crippen LogP) is 3.44. The molecule has 0 fully saturated rings. The molecule has 82 valence electrons. The van der Waals surface area contributed by atoms with Crippen molar-refractivity contribution in [2.45, 2.75) is 26.2 Å². The van der Waals surface area contributed by atoms with E-state index in [0.29, 0.717) is 0 Å². The molecule has 0 aliphatic rings. The van der Waals surface area contributed by atoms with Crippen LogP contribution in [0, 0.1) is 5.82 Å². The summed E-state index contributed by atoms with van der Waals surface area (Å²) in [4.78, 5) is 0. The lowest BCUT2D eigenvalue weighted by atomic mass is 9.98. The van der Waals surface area contributed by atoms with Crippen LogP contribution in [0.3, 0.4) is 0 Å². The molecule has 0 aromatic heterocycles. The largest absolute Gasteiger partial charge is 0.388 e. The minimum absolute atomic E-state index is 0.196. The fraction of sp³-hybridized carbons (Fsp3) is 0.385. The van der Waals surface area contributed by atoms with Gasteiger partial charge in [0, 0.05) is 18.2 Å². The predicted molar refractivity (Wildman–Crippen MR) is 62.2 cm³/mol. The van der Waals surface area contributed by atoms with Gasteiger partial charge in [-0.3, -0.25) is 0 Å². The molecule has 1 unspecified atom stereocenters. The Labute approximate surface area is 91.0 Å². The lowest BCUT2D eigenvalue weighted by molar-refractivity contribution is 0.625. The molecule has 0 aliphatic heterocycles. The summed E-state index contributed by atoms with van der Waals surface area (Å²) < 4.78 is 12.7. The van der Waals surface area contributed by atoms with Gasteiger partial charge in [0.05, 0.1) is 0 Å². The Kier molecular flexibility index (Phi) is 4.35. The summed E-state index contributed by atoms with van der Waals surface area (Å²) in [5.41, 5.74) is 2.08. The topological polar surface area (TPSA) is 12.0 Å². The van der Waals surface area contributed by atoms with Crippen LogP contribution in [-0.2, 0) is 0 Å². The van der Waals surface area contributed by atoms with Gasteiger partial charge in [0.2, 0.25) is 0 Å². The zero-order valence-corrected chi connectivity index (χ0v) is 9.39. The summed E-state index contributed by atoms with van der Waals surface area (Å²) in [6.45, 7) is 9.10. The maximum absolute atomic E-state index is 12.7. The molecule has 1 aromatic rings. The second kappa shape index (κ2) is 5.54. The number of hydrogen-bond acceptors (Lipinski definition) is 1. The third-order valence-electron chi connectivity index (χ3n) is 2.49. The van der Waals surface area contributed by atoms with Crippen LogP contribution in [0.2, 0.25) is 0 Å². The number of rotatable bonds is 5. The van der Waals surface area contributed by atoms with E-state index >= 15 is 0 Å². The standard InChI is InChI=1S/C13H18FN/c1-4-9-15-11(3)10(2)12-5-7-13(14)8-6-12/h5-8,10,15H,3-4,9H2,1-2H3. The molecule has 0 spiro atoms. The molecule has 1 aromatic carbocycles. The average Bonchev–Trinajstić information content (AvgIpc) is 2.26. The van der Waals surface area contributed by atoms with Gasteiger partial charge in [-0.1, -0.05) is 32.6 Å². The third kappa shape index (κ3) is 3.39. The zero-order chi connectivity index (χ0) is 11.3. The molecule has 0 heterocycles. The fourth-order valence-corrected chi connectivity index (χ4v) is 1.39. The van der Waals surface area contributed by atoms with Crippen LogP contribution in [0.15, 0.2) is 36.5 Å². The van der Waals surface area contributed by atoms with Crippen LogP contribution in [-0.4, -0.2) is 6.54 Å².